The molecule has 0 aliphatic carbocycles. The molecule has 2 N–H and O–H groups in total. The summed E-state index contributed by atoms with van der Waals surface area (Å²) in [5.74, 6) is 0.870. The van der Waals surface area contributed by atoms with Crippen LogP contribution in [0.4, 0.5) is 10.6 Å². The number of pyridine rings is 2. The number of anilines is 1. The molecule has 116 valence electrons. The molecule has 23 heavy (non-hydrogen) atoms. The van der Waals surface area contributed by atoms with Crippen LogP contribution in [0, 0.1) is 6.92 Å². The Morgan fingerprint density at radius 3 is 2.74 bits per heavy atom. The molecule has 6 heteroatoms. The minimum atomic E-state index is -1.14. The molecule has 0 unspecified atom stereocenters. The smallest absolute Gasteiger partial charge is 0.410 e. The highest BCUT2D eigenvalue weighted by Gasteiger charge is 2.11. The molecule has 0 fully saturated rings. The molecule has 0 aliphatic rings. The number of hydrogen-bond acceptors (Lipinski definition) is 4. The molecule has 3 aromatic rings. The van der Waals surface area contributed by atoms with E-state index in [2.05, 4.69) is 15.3 Å². The molecule has 0 saturated heterocycles. The largest absolute Gasteiger partial charge is 0.481 e. The summed E-state index contributed by atoms with van der Waals surface area (Å²) < 4.78 is 5.35. The van der Waals surface area contributed by atoms with Crippen LogP contribution in [0.25, 0.3) is 21.9 Å². The molecule has 0 saturated carbocycles. The van der Waals surface area contributed by atoms with Crippen LogP contribution in [-0.2, 0) is 0 Å². The maximum absolute atomic E-state index is 10.7. The number of hydrogen-bond donors (Lipinski definition) is 2. The second-order valence-corrected chi connectivity index (χ2v) is 5.07. The van der Waals surface area contributed by atoms with Gasteiger partial charge in [-0.3, -0.25) is 5.32 Å². The van der Waals surface area contributed by atoms with E-state index in [9.17, 15) is 4.79 Å². The van der Waals surface area contributed by atoms with Gasteiger partial charge in [0.15, 0.2) is 0 Å². The summed E-state index contributed by atoms with van der Waals surface area (Å²) in [6.07, 6.45) is 2.22. The van der Waals surface area contributed by atoms with Crippen LogP contribution in [-0.4, -0.2) is 28.3 Å². The first-order valence-electron chi connectivity index (χ1n) is 6.98. The summed E-state index contributed by atoms with van der Waals surface area (Å²) in [6, 6.07) is 9.49. The predicted molar refractivity (Wildman–Crippen MR) is 87.9 cm³/mol. The number of fused-ring (bicyclic) bond motifs is 1. The molecule has 0 radical (unpaired) electrons. The van der Waals surface area contributed by atoms with Crippen molar-refractivity contribution in [3.05, 3.63) is 48.3 Å². The summed E-state index contributed by atoms with van der Waals surface area (Å²) in [5, 5.41) is 12.8. The molecule has 0 aliphatic heterocycles. The highest BCUT2D eigenvalue weighted by atomic mass is 16.5. The van der Waals surface area contributed by atoms with Crippen molar-refractivity contribution in [2.75, 3.05) is 12.4 Å². The molecule has 1 aromatic carbocycles. The van der Waals surface area contributed by atoms with Crippen molar-refractivity contribution in [1.29, 1.82) is 0 Å². The topological polar surface area (TPSA) is 84.3 Å². The second kappa shape index (κ2) is 5.92. The summed E-state index contributed by atoms with van der Waals surface area (Å²) in [4.78, 5) is 19.0. The Labute approximate surface area is 132 Å². The van der Waals surface area contributed by atoms with Gasteiger partial charge in [-0.1, -0.05) is 12.1 Å². The van der Waals surface area contributed by atoms with Crippen LogP contribution in [0.3, 0.4) is 0 Å². The minimum absolute atomic E-state index is 0.299. The molecule has 1 amide bonds. The zero-order valence-electron chi connectivity index (χ0n) is 12.7. The van der Waals surface area contributed by atoms with E-state index in [1.807, 2.05) is 31.2 Å². The van der Waals surface area contributed by atoms with Crippen LogP contribution in [0.15, 0.2) is 42.7 Å². The van der Waals surface area contributed by atoms with E-state index in [0.717, 1.165) is 27.5 Å². The van der Waals surface area contributed by atoms with Gasteiger partial charge in [-0.15, -0.1) is 0 Å². The van der Waals surface area contributed by atoms with E-state index >= 15 is 0 Å². The van der Waals surface area contributed by atoms with Crippen molar-refractivity contribution >= 4 is 22.7 Å². The Hall–Kier alpha value is -3.15. The highest BCUT2D eigenvalue weighted by Crippen LogP contribution is 2.33. The van der Waals surface area contributed by atoms with E-state index in [1.165, 1.54) is 0 Å². The summed E-state index contributed by atoms with van der Waals surface area (Å²) in [5.41, 5.74) is 2.97. The predicted octanol–water partition coefficient (Wildman–Crippen LogP) is 3.70. The van der Waals surface area contributed by atoms with Crippen molar-refractivity contribution in [2.24, 2.45) is 0 Å². The van der Waals surface area contributed by atoms with Crippen LogP contribution in [0.2, 0.25) is 0 Å². The third-order valence-corrected chi connectivity index (χ3v) is 3.56. The first-order valence-corrected chi connectivity index (χ1v) is 6.98. The van der Waals surface area contributed by atoms with Gasteiger partial charge in [-0.2, -0.15) is 0 Å². The number of carbonyl (C=O) groups is 1. The standard InChI is InChI=1S/C17H15N3O3/c1-10-5-6-18-16(23-2)15(10)12-4-3-11-8-14(20-17(21)22)19-9-13(11)7-12/h3-9H,1-2H3,(H,19,20)(H,21,22). The number of rotatable bonds is 3. The third-order valence-electron chi connectivity index (χ3n) is 3.56. The average Bonchev–Trinajstić information content (AvgIpc) is 2.53. The zero-order valence-corrected chi connectivity index (χ0v) is 12.7. The number of carboxylic acid groups (broad SMARTS) is 1. The van der Waals surface area contributed by atoms with E-state index in [4.69, 9.17) is 9.84 Å². The molecule has 0 atom stereocenters. The SMILES string of the molecule is COc1nccc(C)c1-c1ccc2cc(NC(=O)O)ncc2c1. The van der Waals surface area contributed by atoms with Crippen molar-refractivity contribution in [2.45, 2.75) is 6.92 Å². The molecular weight excluding hydrogens is 294 g/mol. The van der Waals surface area contributed by atoms with Gasteiger partial charge in [-0.05, 0) is 41.6 Å². The lowest BCUT2D eigenvalue weighted by molar-refractivity contribution is 0.209. The Bertz CT molecular complexity index is 893. The van der Waals surface area contributed by atoms with Gasteiger partial charge in [0.2, 0.25) is 5.88 Å². The molecule has 0 spiro atoms. The van der Waals surface area contributed by atoms with Crippen LogP contribution in [0.1, 0.15) is 5.56 Å². The number of ether oxygens (including phenoxy) is 1. The fourth-order valence-corrected chi connectivity index (χ4v) is 2.51. The molecular formula is C17H15N3O3. The van der Waals surface area contributed by atoms with Gasteiger partial charge in [0.25, 0.3) is 0 Å². The quantitative estimate of drug-likeness (QED) is 0.770. The Kier molecular flexibility index (Phi) is 3.80. The fourth-order valence-electron chi connectivity index (χ4n) is 2.51. The van der Waals surface area contributed by atoms with Gasteiger partial charge in [0, 0.05) is 23.3 Å². The number of nitrogens with zero attached hydrogens (tertiary/aromatic N) is 2. The van der Waals surface area contributed by atoms with Crippen molar-refractivity contribution in [1.82, 2.24) is 9.97 Å². The molecule has 2 aromatic heterocycles. The molecule has 2 heterocycles. The summed E-state index contributed by atoms with van der Waals surface area (Å²) in [6.45, 7) is 2.00. The molecule has 3 rings (SSSR count). The van der Waals surface area contributed by atoms with E-state index in [1.54, 1.807) is 25.6 Å². The lowest BCUT2D eigenvalue weighted by Gasteiger charge is -2.11. The molecule has 0 bridgehead atoms. The summed E-state index contributed by atoms with van der Waals surface area (Å²) >= 11 is 0. The third kappa shape index (κ3) is 2.91. The number of methoxy groups -OCH3 is 1. The van der Waals surface area contributed by atoms with Gasteiger partial charge >= 0.3 is 6.09 Å². The Morgan fingerprint density at radius 2 is 2.00 bits per heavy atom. The van der Waals surface area contributed by atoms with Crippen molar-refractivity contribution in [3.8, 4) is 17.0 Å². The number of amides is 1. The lowest BCUT2D eigenvalue weighted by Crippen LogP contribution is -2.08. The first-order chi connectivity index (χ1) is 11.1. The van der Waals surface area contributed by atoms with Crippen LogP contribution in [0.5, 0.6) is 5.88 Å². The van der Waals surface area contributed by atoms with Gasteiger partial charge in [-0.25, -0.2) is 14.8 Å². The normalized spacial score (nSPS) is 10.5. The van der Waals surface area contributed by atoms with Gasteiger partial charge in [0.1, 0.15) is 5.82 Å². The van der Waals surface area contributed by atoms with E-state index in [0.29, 0.717) is 11.7 Å². The van der Waals surface area contributed by atoms with Crippen molar-refractivity contribution in [3.63, 3.8) is 0 Å². The zero-order chi connectivity index (χ0) is 16.4. The summed E-state index contributed by atoms with van der Waals surface area (Å²) in [7, 11) is 1.59. The number of benzene rings is 1. The lowest BCUT2D eigenvalue weighted by atomic mass is 9.99. The maximum Gasteiger partial charge on any atom is 0.410 e. The Morgan fingerprint density at radius 1 is 1.17 bits per heavy atom. The number of aryl methyl sites for hydroxylation is 1. The van der Waals surface area contributed by atoms with Crippen LogP contribution >= 0.6 is 0 Å². The van der Waals surface area contributed by atoms with E-state index in [-0.39, 0.29) is 0 Å². The second-order valence-electron chi connectivity index (χ2n) is 5.07. The minimum Gasteiger partial charge on any atom is -0.481 e. The van der Waals surface area contributed by atoms with Gasteiger partial charge in [0.05, 0.1) is 7.11 Å². The molecule has 6 nitrogen and oxygen atoms in total. The average molecular weight is 309 g/mol. The van der Waals surface area contributed by atoms with Crippen molar-refractivity contribution < 1.29 is 14.6 Å². The van der Waals surface area contributed by atoms with Crippen LogP contribution < -0.4 is 10.1 Å². The monoisotopic (exact) mass is 309 g/mol. The van der Waals surface area contributed by atoms with Gasteiger partial charge < -0.3 is 9.84 Å². The Balaban J connectivity index is 2.09. The highest BCUT2D eigenvalue weighted by molar-refractivity contribution is 5.91. The number of aromatic nitrogens is 2. The number of nitrogens with one attached hydrogen (secondary N) is 1. The fraction of sp³-hybridized carbons (Fsp3) is 0.118. The first kappa shape index (κ1) is 14.8. The van der Waals surface area contributed by atoms with E-state index < -0.39 is 6.09 Å². The maximum atomic E-state index is 10.7.